The fourth-order valence-electron chi connectivity index (χ4n) is 2.58. The van der Waals surface area contributed by atoms with Crippen LogP contribution < -0.4 is 4.74 Å². The van der Waals surface area contributed by atoms with E-state index in [1.807, 2.05) is 0 Å². The Hall–Kier alpha value is -0.690. The van der Waals surface area contributed by atoms with Gasteiger partial charge in [0.1, 0.15) is 5.75 Å². The van der Waals surface area contributed by atoms with Crippen LogP contribution >= 0.6 is 11.6 Å². The van der Waals surface area contributed by atoms with Gasteiger partial charge in [-0.15, -0.1) is 11.6 Å². The van der Waals surface area contributed by atoms with Gasteiger partial charge in [0.05, 0.1) is 7.11 Å². The number of hydrogen-bond donors (Lipinski definition) is 0. The fraction of sp³-hybridized carbons (Fsp3) is 0.571. The average Bonchev–Trinajstić information content (AvgIpc) is 2.64. The fourth-order valence-corrected chi connectivity index (χ4v) is 2.96. The van der Waals surface area contributed by atoms with Gasteiger partial charge in [0, 0.05) is 5.38 Å². The van der Waals surface area contributed by atoms with Crippen LogP contribution in [0.2, 0.25) is 0 Å². The van der Waals surface area contributed by atoms with Gasteiger partial charge < -0.3 is 4.74 Å². The normalized spacial score (nSPS) is 24.7. The smallest absolute Gasteiger partial charge is 0.122 e. The molecular weight excluding hydrogens is 220 g/mol. The van der Waals surface area contributed by atoms with Gasteiger partial charge in [-0.2, -0.15) is 0 Å². The van der Waals surface area contributed by atoms with Crippen LogP contribution in [0.3, 0.4) is 0 Å². The lowest BCUT2D eigenvalue weighted by Gasteiger charge is -2.13. The molecule has 2 heteroatoms. The molecule has 0 heterocycles. The van der Waals surface area contributed by atoms with E-state index in [1.54, 1.807) is 7.11 Å². The summed E-state index contributed by atoms with van der Waals surface area (Å²) in [4.78, 5) is 0. The molecule has 0 spiro atoms. The van der Waals surface area contributed by atoms with E-state index < -0.39 is 0 Å². The summed E-state index contributed by atoms with van der Waals surface area (Å²) in [5, 5.41) is 0.390. The lowest BCUT2D eigenvalue weighted by Crippen LogP contribution is -2.02. The number of hydrogen-bond acceptors (Lipinski definition) is 1. The second-order valence-corrected chi connectivity index (χ2v) is 5.41. The van der Waals surface area contributed by atoms with Gasteiger partial charge in [-0.1, -0.05) is 17.7 Å². The van der Waals surface area contributed by atoms with Crippen LogP contribution in [0.4, 0.5) is 0 Å². The Bertz CT molecular complexity index is 362. The molecule has 1 aromatic carbocycles. The summed E-state index contributed by atoms with van der Waals surface area (Å²) in [5.41, 5.74) is 2.63. The zero-order valence-corrected chi connectivity index (χ0v) is 10.8. The summed E-state index contributed by atoms with van der Waals surface area (Å²) < 4.78 is 5.40. The maximum Gasteiger partial charge on any atom is 0.122 e. The molecule has 88 valence electrons. The van der Waals surface area contributed by atoms with Gasteiger partial charge in [-0.25, -0.2) is 0 Å². The summed E-state index contributed by atoms with van der Waals surface area (Å²) in [6.07, 6.45) is 4.68. The largest absolute Gasteiger partial charge is 0.496 e. The summed E-state index contributed by atoms with van der Waals surface area (Å²) in [6, 6.07) is 6.40. The van der Waals surface area contributed by atoms with Crippen LogP contribution in [0.25, 0.3) is 0 Å². The Balaban J connectivity index is 2.10. The van der Waals surface area contributed by atoms with Gasteiger partial charge in [-0.05, 0) is 50.2 Å². The first-order valence-corrected chi connectivity index (χ1v) is 6.40. The average molecular weight is 239 g/mol. The van der Waals surface area contributed by atoms with Gasteiger partial charge in [0.2, 0.25) is 0 Å². The van der Waals surface area contributed by atoms with Crippen LogP contribution in [-0.4, -0.2) is 12.5 Å². The van der Waals surface area contributed by atoms with Crippen molar-refractivity contribution in [2.75, 3.05) is 7.11 Å². The van der Waals surface area contributed by atoms with Crippen molar-refractivity contribution < 1.29 is 4.74 Å². The van der Waals surface area contributed by atoms with E-state index in [-0.39, 0.29) is 0 Å². The maximum absolute atomic E-state index is 6.15. The second-order valence-electron chi connectivity index (χ2n) is 4.80. The van der Waals surface area contributed by atoms with Crippen LogP contribution in [0.1, 0.15) is 30.4 Å². The predicted molar refractivity (Wildman–Crippen MR) is 68.4 cm³/mol. The topological polar surface area (TPSA) is 9.23 Å². The maximum atomic E-state index is 6.15. The summed E-state index contributed by atoms with van der Waals surface area (Å²) in [7, 11) is 1.74. The third-order valence-corrected chi connectivity index (χ3v) is 3.82. The highest BCUT2D eigenvalue weighted by Gasteiger charge is 2.23. The summed E-state index contributed by atoms with van der Waals surface area (Å²) in [6.45, 7) is 2.13. The number of aryl methyl sites for hydroxylation is 1. The first-order chi connectivity index (χ1) is 7.69. The Morgan fingerprint density at radius 2 is 2.19 bits per heavy atom. The van der Waals surface area contributed by atoms with E-state index in [0.29, 0.717) is 5.38 Å². The van der Waals surface area contributed by atoms with E-state index in [2.05, 4.69) is 25.1 Å². The molecule has 2 unspecified atom stereocenters. The van der Waals surface area contributed by atoms with E-state index in [4.69, 9.17) is 16.3 Å². The minimum absolute atomic E-state index is 0.390. The van der Waals surface area contributed by atoms with Crippen molar-refractivity contribution >= 4 is 11.6 Å². The molecule has 1 aromatic rings. The van der Waals surface area contributed by atoms with E-state index in [1.165, 1.54) is 24.0 Å². The molecule has 0 radical (unpaired) electrons. The lowest BCUT2D eigenvalue weighted by molar-refractivity contribution is 0.404. The lowest BCUT2D eigenvalue weighted by atomic mass is 9.96. The Kier molecular flexibility index (Phi) is 3.75. The molecule has 1 saturated carbocycles. The highest BCUT2D eigenvalue weighted by Crippen LogP contribution is 2.34. The van der Waals surface area contributed by atoms with Crippen molar-refractivity contribution in [2.45, 2.75) is 38.0 Å². The zero-order chi connectivity index (χ0) is 11.5. The van der Waals surface area contributed by atoms with Crippen LogP contribution in [0.15, 0.2) is 18.2 Å². The Labute approximate surface area is 103 Å². The summed E-state index contributed by atoms with van der Waals surface area (Å²) in [5.74, 6) is 1.75. The van der Waals surface area contributed by atoms with Crippen LogP contribution in [0, 0.1) is 12.8 Å². The molecule has 1 aliphatic rings. The zero-order valence-electron chi connectivity index (χ0n) is 10.0. The van der Waals surface area contributed by atoms with Gasteiger partial charge in [-0.3, -0.25) is 0 Å². The highest BCUT2D eigenvalue weighted by molar-refractivity contribution is 6.20. The number of methoxy groups -OCH3 is 1. The number of halogens is 1. The monoisotopic (exact) mass is 238 g/mol. The highest BCUT2D eigenvalue weighted by atomic mass is 35.5. The second kappa shape index (κ2) is 5.09. The molecule has 0 aliphatic heterocycles. The van der Waals surface area contributed by atoms with Crippen molar-refractivity contribution in [1.29, 1.82) is 0 Å². The minimum Gasteiger partial charge on any atom is -0.496 e. The molecule has 2 atom stereocenters. The molecule has 1 fully saturated rings. The third-order valence-electron chi connectivity index (χ3n) is 3.42. The molecule has 0 aromatic heterocycles. The summed E-state index contributed by atoms with van der Waals surface area (Å²) >= 11 is 6.15. The quantitative estimate of drug-likeness (QED) is 0.725. The first kappa shape index (κ1) is 11.8. The van der Waals surface area contributed by atoms with Crippen molar-refractivity contribution in [3.8, 4) is 5.75 Å². The van der Waals surface area contributed by atoms with Crippen molar-refractivity contribution in [1.82, 2.24) is 0 Å². The van der Waals surface area contributed by atoms with Gasteiger partial charge in [0.25, 0.3) is 0 Å². The molecule has 16 heavy (non-hydrogen) atoms. The van der Waals surface area contributed by atoms with E-state index in [0.717, 1.165) is 24.5 Å². The van der Waals surface area contributed by atoms with Crippen LogP contribution in [-0.2, 0) is 6.42 Å². The first-order valence-electron chi connectivity index (χ1n) is 5.96. The molecular formula is C14H19ClO. The number of alkyl halides is 1. The molecule has 0 amide bonds. The van der Waals surface area contributed by atoms with Gasteiger partial charge >= 0.3 is 0 Å². The van der Waals surface area contributed by atoms with Gasteiger partial charge in [0.15, 0.2) is 0 Å². The molecule has 0 N–H and O–H groups in total. The molecule has 1 aliphatic carbocycles. The SMILES string of the molecule is COc1ccc(C)cc1CC1CCC(Cl)C1. The van der Waals surface area contributed by atoms with Crippen molar-refractivity contribution in [2.24, 2.45) is 5.92 Å². The third kappa shape index (κ3) is 2.70. The number of benzene rings is 1. The molecule has 0 saturated heterocycles. The van der Waals surface area contributed by atoms with Crippen molar-refractivity contribution in [3.63, 3.8) is 0 Å². The predicted octanol–water partition coefficient (Wildman–Crippen LogP) is 3.95. The number of rotatable bonds is 3. The van der Waals surface area contributed by atoms with Crippen LogP contribution in [0.5, 0.6) is 5.75 Å². The molecule has 0 bridgehead atoms. The molecule has 1 nitrogen and oxygen atoms in total. The Morgan fingerprint density at radius 1 is 1.38 bits per heavy atom. The van der Waals surface area contributed by atoms with E-state index in [9.17, 15) is 0 Å². The van der Waals surface area contributed by atoms with E-state index >= 15 is 0 Å². The van der Waals surface area contributed by atoms with Crippen molar-refractivity contribution in [3.05, 3.63) is 29.3 Å². The molecule has 2 rings (SSSR count). The standard InChI is InChI=1S/C14H19ClO/c1-10-3-6-14(16-2)12(7-10)8-11-4-5-13(15)9-11/h3,6-7,11,13H,4-5,8-9H2,1-2H3. The Morgan fingerprint density at radius 3 is 2.81 bits per heavy atom. The number of ether oxygens (including phenoxy) is 1. The minimum atomic E-state index is 0.390.